The third-order valence-corrected chi connectivity index (χ3v) is 4.27. The van der Waals surface area contributed by atoms with Gasteiger partial charge in [0, 0.05) is 17.5 Å². The Hall–Kier alpha value is -3.15. The summed E-state index contributed by atoms with van der Waals surface area (Å²) < 4.78 is 15.9. The third kappa shape index (κ3) is 4.00. The molecule has 0 saturated heterocycles. The molecule has 0 aromatic heterocycles. The molecule has 0 N–H and O–H groups in total. The van der Waals surface area contributed by atoms with Crippen LogP contribution in [0.2, 0.25) is 0 Å². The van der Waals surface area contributed by atoms with Gasteiger partial charge in [-0.1, -0.05) is 19.1 Å². The predicted octanol–water partition coefficient (Wildman–Crippen LogP) is 3.37. The molecule has 1 aliphatic rings. The van der Waals surface area contributed by atoms with Gasteiger partial charge < -0.3 is 14.2 Å². The first kappa shape index (κ1) is 18.6. The lowest BCUT2D eigenvalue weighted by atomic mass is 10.1. The SMILES string of the molecule is CCCC(=O)OC1C(=O)c2ccc(OCc3ccc(OC)cc3)cc2C1=O. The molecule has 2 aromatic carbocycles. The average Bonchev–Trinajstić information content (AvgIpc) is 2.91. The molecule has 2 aromatic rings. The van der Waals surface area contributed by atoms with Crippen molar-refractivity contribution in [3.63, 3.8) is 0 Å². The van der Waals surface area contributed by atoms with Crippen LogP contribution in [0.4, 0.5) is 0 Å². The van der Waals surface area contributed by atoms with Gasteiger partial charge in [-0.2, -0.15) is 0 Å². The first-order valence-electron chi connectivity index (χ1n) is 8.71. The Morgan fingerprint density at radius 2 is 1.63 bits per heavy atom. The third-order valence-electron chi connectivity index (χ3n) is 4.27. The van der Waals surface area contributed by atoms with E-state index in [-0.39, 0.29) is 17.5 Å². The topological polar surface area (TPSA) is 78.9 Å². The number of carbonyl (C=O) groups is 3. The van der Waals surface area contributed by atoms with Crippen LogP contribution in [-0.4, -0.2) is 30.7 Å². The summed E-state index contributed by atoms with van der Waals surface area (Å²) in [5.74, 6) is -0.321. The smallest absolute Gasteiger partial charge is 0.306 e. The highest BCUT2D eigenvalue weighted by molar-refractivity contribution is 6.29. The van der Waals surface area contributed by atoms with E-state index in [1.165, 1.54) is 12.1 Å². The fourth-order valence-corrected chi connectivity index (χ4v) is 2.82. The van der Waals surface area contributed by atoms with Gasteiger partial charge in [0.15, 0.2) is 0 Å². The molecule has 0 spiro atoms. The lowest BCUT2D eigenvalue weighted by molar-refractivity contribution is -0.145. The van der Waals surface area contributed by atoms with Crippen molar-refractivity contribution < 1.29 is 28.6 Å². The number of ketones is 2. The highest BCUT2D eigenvalue weighted by Crippen LogP contribution is 2.29. The Bertz CT molecular complexity index is 869. The number of Topliss-reactive ketones (excluding diaryl/α,β-unsaturated/α-hetero) is 2. The first-order chi connectivity index (χ1) is 13.0. The average molecular weight is 368 g/mol. The molecular formula is C21H20O6. The van der Waals surface area contributed by atoms with Gasteiger partial charge in [-0.3, -0.25) is 14.4 Å². The van der Waals surface area contributed by atoms with Crippen LogP contribution in [0.5, 0.6) is 11.5 Å². The predicted molar refractivity (Wildman–Crippen MR) is 97.2 cm³/mol. The summed E-state index contributed by atoms with van der Waals surface area (Å²) in [4.78, 5) is 36.5. The molecule has 0 heterocycles. The minimum atomic E-state index is -1.38. The molecule has 3 rings (SSSR count). The molecule has 0 saturated carbocycles. The molecular weight excluding hydrogens is 348 g/mol. The zero-order valence-electron chi connectivity index (χ0n) is 15.2. The number of hydrogen-bond acceptors (Lipinski definition) is 6. The summed E-state index contributed by atoms with van der Waals surface area (Å²) in [6.07, 6.45) is -0.621. The highest BCUT2D eigenvalue weighted by atomic mass is 16.6. The molecule has 140 valence electrons. The van der Waals surface area contributed by atoms with Gasteiger partial charge in [0.05, 0.1) is 7.11 Å². The zero-order chi connectivity index (χ0) is 19.4. The van der Waals surface area contributed by atoms with E-state index in [0.717, 1.165) is 11.3 Å². The molecule has 0 fully saturated rings. The van der Waals surface area contributed by atoms with Crippen LogP contribution >= 0.6 is 0 Å². The lowest BCUT2D eigenvalue weighted by Gasteiger charge is -2.08. The van der Waals surface area contributed by atoms with E-state index in [1.54, 1.807) is 13.2 Å². The molecule has 6 nitrogen and oxygen atoms in total. The zero-order valence-corrected chi connectivity index (χ0v) is 15.2. The van der Waals surface area contributed by atoms with E-state index < -0.39 is 23.6 Å². The van der Waals surface area contributed by atoms with E-state index >= 15 is 0 Å². The van der Waals surface area contributed by atoms with Gasteiger partial charge in [0.2, 0.25) is 17.7 Å². The van der Waals surface area contributed by atoms with E-state index in [4.69, 9.17) is 14.2 Å². The van der Waals surface area contributed by atoms with Crippen LogP contribution in [-0.2, 0) is 16.1 Å². The summed E-state index contributed by atoms with van der Waals surface area (Å²) in [6, 6.07) is 12.1. The van der Waals surface area contributed by atoms with E-state index in [0.29, 0.717) is 18.8 Å². The van der Waals surface area contributed by atoms with E-state index in [1.807, 2.05) is 31.2 Å². The van der Waals surface area contributed by atoms with Gasteiger partial charge in [-0.15, -0.1) is 0 Å². The summed E-state index contributed by atoms with van der Waals surface area (Å²) in [5, 5.41) is 0. The van der Waals surface area contributed by atoms with Crippen molar-refractivity contribution in [3.8, 4) is 11.5 Å². The second kappa shape index (κ2) is 8.03. The quantitative estimate of drug-likeness (QED) is 0.551. The van der Waals surface area contributed by atoms with E-state index in [2.05, 4.69) is 0 Å². The number of fused-ring (bicyclic) bond motifs is 1. The van der Waals surface area contributed by atoms with Gasteiger partial charge >= 0.3 is 5.97 Å². The Morgan fingerprint density at radius 3 is 2.30 bits per heavy atom. The molecule has 0 aliphatic heterocycles. The van der Waals surface area contributed by atoms with Crippen molar-refractivity contribution in [3.05, 3.63) is 59.2 Å². The van der Waals surface area contributed by atoms with Gasteiger partial charge in [-0.05, 0) is 42.3 Å². The standard InChI is InChI=1S/C21H20O6/c1-3-4-18(22)27-21-19(23)16-10-9-15(11-17(16)20(21)24)26-12-13-5-7-14(25-2)8-6-13/h5-11,21H,3-4,12H2,1-2H3. The Kier molecular flexibility index (Phi) is 5.54. The molecule has 0 radical (unpaired) electrons. The van der Waals surface area contributed by atoms with Crippen LogP contribution in [0, 0.1) is 0 Å². The Balaban J connectivity index is 1.70. The molecule has 1 aliphatic carbocycles. The van der Waals surface area contributed by atoms with Crippen molar-refractivity contribution in [2.45, 2.75) is 32.5 Å². The van der Waals surface area contributed by atoms with Crippen molar-refractivity contribution in [1.82, 2.24) is 0 Å². The molecule has 27 heavy (non-hydrogen) atoms. The van der Waals surface area contributed by atoms with Crippen LogP contribution < -0.4 is 9.47 Å². The highest BCUT2D eigenvalue weighted by Gasteiger charge is 2.41. The molecule has 1 unspecified atom stereocenters. The van der Waals surface area contributed by atoms with Crippen molar-refractivity contribution in [2.24, 2.45) is 0 Å². The van der Waals surface area contributed by atoms with E-state index in [9.17, 15) is 14.4 Å². The van der Waals surface area contributed by atoms with Crippen LogP contribution in [0.1, 0.15) is 46.0 Å². The normalized spacial score (nSPS) is 15.4. The number of rotatable bonds is 7. The van der Waals surface area contributed by atoms with Gasteiger partial charge in [0.25, 0.3) is 0 Å². The fourth-order valence-electron chi connectivity index (χ4n) is 2.82. The second-order valence-corrected chi connectivity index (χ2v) is 6.19. The van der Waals surface area contributed by atoms with Gasteiger partial charge in [0.1, 0.15) is 18.1 Å². The number of methoxy groups -OCH3 is 1. The second-order valence-electron chi connectivity index (χ2n) is 6.19. The van der Waals surface area contributed by atoms with Crippen molar-refractivity contribution in [2.75, 3.05) is 7.11 Å². The Labute approximate surface area is 157 Å². The summed E-state index contributed by atoms with van der Waals surface area (Å²) in [5.41, 5.74) is 1.41. The number of ether oxygens (including phenoxy) is 3. The molecule has 0 bridgehead atoms. The number of esters is 1. The van der Waals surface area contributed by atoms with Crippen LogP contribution in [0.15, 0.2) is 42.5 Å². The summed E-state index contributed by atoms with van der Waals surface area (Å²) >= 11 is 0. The van der Waals surface area contributed by atoms with Crippen molar-refractivity contribution in [1.29, 1.82) is 0 Å². The largest absolute Gasteiger partial charge is 0.497 e. The molecule has 0 amide bonds. The van der Waals surface area contributed by atoms with Gasteiger partial charge in [-0.25, -0.2) is 0 Å². The molecule has 1 atom stereocenters. The maximum absolute atomic E-state index is 12.5. The maximum atomic E-state index is 12.5. The summed E-state index contributed by atoms with van der Waals surface area (Å²) in [7, 11) is 1.60. The fraction of sp³-hybridized carbons (Fsp3) is 0.286. The van der Waals surface area contributed by atoms with Crippen molar-refractivity contribution >= 4 is 17.5 Å². The monoisotopic (exact) mass is 368 g/mol. The molecule has 6 heteroatoms. The number of carbonyl (C=O) groups excluding carboxylic acids is 3. The summed E-state index contributed by atoms with van der Waals surface area (Å²) in [6.45, 7) is 2.13. The minimum Gasteiger partial charge on any atom is -0.497 e. The number of hydrogen-bond donors (Lipinski definition) is 0. The number of benzene rings is 2. The lowest BCUT2D eigenvalue weighted by Crippen LogP contribution is -2.28. The minimum absolute atomic E-state index is 0.170. The maximum Gasteiger partial charge on any atom is 0.306 e. The first-order valence-corrected chi connectivity index (χ1v) is 8.71. The van der Waals surface area contributed by atoms with Crippen LogP contribution in [0.3, 0.4) is 0 Å². The van der Waals surface area contributed by atoms with Crippen LogP contribution in [0.25, 0.3) is 0 Å². The Morgan fingerprint density at radius 1 is 0.963 bits per heavy atom.